The first-order valence-corrected chi connectivity index (χ1v) is 9.84. The van der Waals surface area contributed by atoms with E-state index in [1.54, 1.807) is 6.92 Å². The number of carbonyl (C=O) groups is 2. The van der Waals surface area contributed by atoms with E-state index < -0.39 is 34.3 Å². The van der Waals surface area contributed by atoms with Gasteiger partial charge in [-0.3, -0.25) is 9.10 Å². The van der Waals surface area contributed by atoms with Crippen LogP contribution in [0.25, 0.3) is 0 Å². The molecule has 0 N–H and O–H groups in total. The summed E-state index contributed by atoms with van der Waals surface area (Å²) in [4.78, 5) is 23.6. The summed E-state index contributed by atoms with van der Waals surface area (Å²) in [6, 6.07) is 7.91. The molecule has 7 nitrogen and oxygen atoms in total. The van der Waals surface area contributed by atoms with Crippen LogP contribution in [-0.2, 0) is 24.3 Å². The molecule has 0 bridgehead atoms. The van der Waals surface area contributed by atoms with Gasteiger partial charge in [0.05, 0.1) is 34.9 Å². The molecule has 0 saturated carbocycles. The summed E-state index contributed by atoms with van der Waals surface area (Å²) in [6.45, 7) is 0.915. The topological polar surface area (TPSA) is 90.0 Å². The third-order valence-corrected chi connectivity index (χ3v) is 5.71. The Morgan fingerprint density at radius 3 is 2.36 bits per heavy atom. The smallest absolute Gasteiger partial charge is 0.337 e. The summed E-state index contributed by atoms with van der Waals surface area (Å²) in [7, 11) is -3.16. The summed E-state index contributed by atoms with van der Waals surface area (Å²) in [6.07, 6.45) is 0. The fourth-order valence-electron chi connectivity index (χ4n) is 2.31. The van der Waals surface area contributed by atoms with Crippen molar-refractivity contribution >= 4 is 39.3 Å². The first-order chi connectivity index (χ1) is 13.2. The minimum Gasteiger partial charge on any atom is -0.465 e. The van der Waals surface area contributed by atoms with Gasteiger partial charge in [0, 0.05) is 0 Å². The molecule has 0 fully saturated rings. The van der Waals surface area contributed by atoms with Crippen LogP contribution in [0, 0.1) is 5.82 Å². The molecule has 0 amide bonds. The molecule has 0 saturated heterocycles. The largest absolute Gasteiger partial charge is 0.465 e. The van der Waals surface area contributed by atoms with Crippen LogP contribution in [0.1, 0.15) is 17.3 Å². The van der Waals surface area contributed by atoms with Gasteiger partial charge in [-0.2, -0.15) is 0 Å². The van der Waals surface area contributed by atoms with Gasteiger partial charge in [0.2, 0.25) is 0 Å². The van der Waals surface area contributed by atoms with Crippen LogP contribution in [0.2, 0.25) is 5.02 Å². The van der Waals surface area contributed by atoms with Crippen LogP contribution in [0.4, 0.5) is 10.1 Å². The lowest BCUT2D eigenvalue weighted by molar-refractivity contribution is -0.141. The maximum Gasteiger partial charge on any atom is 0.337 e. The molecule has 0 spiro atoms. The number of hydrogen-bond acceptors (Lipinski definition) is 6. The number of benzene rings is 2. The zero-order valence-corrected chi connectivity index (χ0v) is 16.6. The van der Waals surface area contributed by atoms with Crippen molar-refractivity contribution in [2.45, 2.75) is 11.8 Å². The molecule has 0 aliphatic heterocycles. The van der Waals surface area contributed by atoms with Crippen LogP contribution in [0.15, 0.2) is 47.4 Å². The average Bonchev–Trinajstić information content (AvgIpc) is 2.66. The van der Waals surface area contributed by atoms with Crippen molar-refractivity contribution in [2.24, 2.45) is 0 Å². The van der Waals surface area contributed by atoms with E-state index in [1.165, 1.54) is 25.3 Å². The summed E-state index contributed by atoms with van der Waals surface area (Å²) in [5.74, 6) is -2.16. The summed E-state index contributed by atoms with van der Waals surface area (Å²) >= 11 is 6.15. The fraction of sp³-hybridized carbons (Fsp3) is 0.222. The lowest BCUT2D eigenvalue weighted by atomic mass is 10.2. The number of ether oxygens (including phenoxy) is 2. The average molecular weight is 430 g/mol. The number of sulfonamides is 1. The first kappa shape index (κ1) is 21.6. The Bertz CT molecular complexity index is 978. The number of halogens is 2. The molecule has 28 heavy (non-hydrogen) atoms. The van der Waals surface area contributed by atoms with Crippen molar-refractivity contribution in [2.75, 3.05) is 24.6 Å². The van der Waals surface area contributed by atoms with Crippen LogP contribution >= 0.6 is 11.6 Å². The van der Waals surface area contributed by atoms with Crippen molar-refractivity contribution in [3.8, 4) is 0 Å². The molecule has 10 heteroatoms. The second-order valence-electron chi connectivity index (χ2n) is 5.43. The van der Waals surface area contributed by atoms with Crippen LogP contribution in [0.3, 0.4) is 0 Å². The zero-order chi connectivity index (χ0) is 20.9. The van der Waals surface area contributed by atoms with E-state index in [9.17, 15) is 22.4 Å². The highest BCUT2D eigenvalue weighted by Crippen LogP contribution is 2.32. The SMILES string of the molecule is CCOC(=O)CN(c1cc(C(=O)OC)ccc1Cl)S(=O)(=O)c1ccc(F)cc1. The van der Waals surface area contributed by atoms with Crippen molar-refractivity contribution in [1.29, 1.82) is 0 Å². The van der Waals surface area contributed by atoms with Gasteiger partial charge in [0.25, 0.3) is 10.0 Å². The Morgan fingerprint density at radius 1 is 1.14 bits per heavy atom. The van der Waals surface area contributed by atoms with Gasteiger partial charge < -0.3 is 9.47 Å². The number of nitrogens with zero attached hydrogens (tertiary/aromatic N) is 1. The highest BCUT2D eigenvalue weighted by Gasteiger charge is 2.30. The molecule has 2 rings (SSSR count). The molecule has 0 aromatic heterocycles. The second-order valence-corrected chi connectivity index (χ2v) is 7.70. The lowest BCUT2D eigenvalue weighted by Gasteiger charge is -2.25. The molecular weight excluding hydrogens is 413 g/mol. The van der Waals surface area contributed by atoms with Gasteiger partial charge in [-0.15, -0.1) is 0 Å². The van der Waals surface area contributed by atoms with E-state index >= 15 is 0 Å². The van der Waals surface area contributed by atoms with Crippen molar-refractivity contribution in [1.82, 2.24) is 0 Å². The lowest BCUT2D eigenvalue weighted by Crippen LogP contribution is -2.37. The Labute approximate surface area is 166 Å². The number of rotatable bonds is 7. The third-order valence-electron chi connectivity index (χ3n) is 3.62. The molecule has 2 aromatic carbocycles. The number of esters is 2. The van der Waals surface area contributed by atoms with Gasteiger partial charge in [0.15, 0.2) is 0 Å². The van der Waals surface area contributed by atoms with E-state index in [4.69, 9.17) is 16.3 Å². The zero-order valence-electron chi connectivity index (χ0n) is 15.0. The molecule has 2 aromatic rings. The highest BCUT2D eigenvalue weighted by atomic mass is 35.5. The van der Waals surface area contributed by atoms with Crippen LogP contribution in [-0.4, -0.2) is 40.6 Å². The first-order valence-electron chi connectivity index (χ1n) is 8.02. The molecule has 0 radical (unpaired) electrons. The predicted octanol–water partition coefficient (Wildman–Crippen LogP) is 3.02. The predicted molar refractivity (Wildman–Crippen MR) is 100 cm³/mol. The Balaban J connectivity index is 2.61. The monoisotopic (exact) mass is 429 g/mol. The number of carbonyl (C=O) groups excluding carboxylic acids is 2. The summed E-state index contributed by atoms with van der Waals surface area (Å²) in [5, 5.41) is -0.0253. The number of methoxy groups -OCH3 is 1. The standard InChI is InChI=1S/C18H17ClFNO6S/c1-3-27-17(22)11-21(28(24,25)14-7-5-13(20)6-8-14)16-10-12(18(23)26-2)4-9-15(16)19/h4-10H,3,11H2,1-2H3. The number of hydrogen-bond donors (Lipinski definition) is 0. The molecule has 0 aliphatic carbocycles. The van der Waals surface area contributed by atoms with E-state index in [1.807, 2.05) is 0 Å². The van der Waals surface area contributed by atoms with E-state index in [-0.39, 0.29) is 27.8 Å². The Morgan fingerprint density at radius 2 is 1.79 bits per heavy atom. The van der Waals surface area contributed by atoms with Gasteiger partial charge in [-0.25, -0.2) is 17.6 Å². The fourth-order valence-corrected chi connectivity index (χ4v) is 4.00. The molecule has 0 heterocycles. The van der Waals surface area contributed by atoms with Gasteiger partial charge >= 0.3 is 11.9 Å². The number of anilines is 1. The summed E-state index contributed by atoms with van der Waals surface area (Å²) in [5.41, 5.74) is -0.0907. The summed E-state index contributed by atoms with van der Waals surface area (Å²) < 4.78 is 49.6. The molecule has 150 valence electrons. The van der Waals surface area contributed by atoms with Gasteiger partial charge in [-0.1, -0.05) is 11.6 Å². The molecule has 0 aliphatic rings. The Kier molecular flexibility index (Phi) is 6.98. The van der Waals surface area contributed by atoms with E-state index in [0.717, 1.165) is 24.3 Å². The second kappa shape index (κ2) is 9.03. The van der Waals surface area contributed by atoms with E-state index in [0.29, 0.717) is 4.31 Å². The van der Waals surface area contributed by atoms with Crippen LogP contribution in [0.5, 0.6) is 0 Å². The van der Waals surface area contributed by atoms with Crippen molar-refractivity contribution in [3.05, 3.63) is 58.9 Å². The van der Waals surface area contributed by atoms with Crippen molar-refractivity contribution in [3.63, 3.8) is 0 Å². The van der Waals surface area contributed by atoms with E-state index in [2.05, 4.69) is 4.74 Å². The third kappa shape index (κ3) is 4.79. The minimum atomic E-state index is -4.33. The molecule has 0 atom stereocenters. The minimum absolute atomic E-state index is 0.0253. The highest BCUT2D eigenvalue weighted by molar-refractivity contribution is 7.92. The Hall–Kier alpha value is -2.65. The maximum atomic E-state index is 13.2. The maximum absolute atomic E-state index is 13.2. The van der Waals surface area contributed by atoms with Crippen molar-refractivity contribution < 1.29 is 31.9 Å². The quantitative estimate of drug-likeness (QED) is 0.628. The molecular formula is C18H17ClFNO6S. The normalized spacial score (nSPS) is 11.0. The van der Waals surface area contributed by atoms with Gasteiger partial charge in [0.1, 0.15) is 12.4 Å². The van der Waals surface area contributed by atoms with Crippen LogP contribution < -0.4 is 4.31 Å². The van der Waals surface area contributed by atoms with Gasteiger partial charge in [-0.05, 0) is 49.4 Å². The molecule has 0 unspecified atom stereocenters.